The number of nitrogens with zero attached hydrogens (tertiary/aromatic N) is 1. The van der Waals surface area contributed by atoms with Gasteiger partial charge in [-0.15, -0.1) is 0 Å². The van der Waals surface area contributed by atoms with Crippen molar-refractivity contribution in [3.63, 3.8) is 0 Å². The average Bonchev–Trinajstić information content (AvgIpc) is 2.39. The Balaban J connectivity index is 1.74. The van der Waals surface area contributed by atoms with E-state index >= 15 is 0 Å². The Morgan fingerprint density at radius 3 is 2.37 bits per heavy atom. The first kappa shape index (κ1) is 12.7. The van der Waals surface area contributed by atoms with Gasteiger partial charge in [-0.05, 0) is 31.2 Å². The highest BCUT2D eigenvalue weighted by Crippen LogP contribution is 2.37. The first-order valence-corrected chi connectivity index (χ1v) is 7.33. The molecule has 2 unspecified atom stereocenters. The molecule has 2 atom stereocenters. The summed E-state index contributed by atoms with van der Waals surface area (Å²) in [4.78, 5) is 14.1. The van der Waals surface area contributed by atoms with Crippen LogP contribution in [0.1, 0.15) is 37.7 Å². The summed E-state index contributed by atoms with van der Waals surface area (Å²) in [6.07, 6.45) is 5.64. The van der Waals surface area contributed by atoms with Crippen LogP contribution >= 0.6 is 0 Å². The number of rotatable bonds is 3. The third-order valence-corrected chi connectivity index (χ3v) is 4.74. The van der Waals surface area contributed by atoms with E-state index in [9.17, 15) is 4.79 Å². The summed E-state index contributed by atoms with van der Waals surface area (Å²) >= 11 is 0. The van der Waals surface area contributed by atoms with Crippen LogP contribution < -0.4 is 5.73 Å². The standard InChI is InChI=1S/C16H22N2O/c17-16(19)13-9-14-7-4-8-15(10-13)18(14)11-12-5-2-1-3-6-12/h1-3,5-6,13-15H,4,7-11H2,(H2,17,19). The summed E-state index contributed by atoms with van der Waals surface area (Å²) in [6, 6.07) is 11.7. The normalized spacial score (nSPS) is 31.1. The first-order chi connectivity index (χ1) is 9.24. The minimum Gasteiger partial charge on any atom is -0.369 e. The first-order valence-electron chi connectivity index (χ1n) is 7.33. The van der Waals surface area contributed by atoms with Crippen molar-refractivity contribution >= 4 is 5.91 Å². The van der Waals surface area contributed by atoms with Crippen LogP contribution in [0.3, 0.4) is 0 Å². The lowest BCUT2D eigenvalue weighted by molar-refractivity contribution is -0.126. The second-order valence-corrected chi connectivity index (χ2v) is 5.97. The second kappa shape index (κ2) is 5.33. The lowest BCUT2D eigenvalue weighted by Gasteiger charge is -2.48. The quantitative estimate of drug-likeness (QED) is 0.904. The summed E-state index contributed by atoms with van der Waals surface area (Å²) in [5, 5.41) is 0. The number of piperidine rings is 2. The number of fused-ring (bicyclic) bond motifs is 2. The number of amides is 1. The molecule has 102 valence electrons. The van der Waals surface area contributed by atoms with E-state index in [1.54, 1.807) is 0 Å². The van der Waals surface area contributed by atoms with Gasteiger partial charge in [0.05, 0.1) is 0 Å². The largest absolute Gasteiger partial charge is 0.369 e. The third kappa shape index (κ3) is 2.66. The summed E-state index contributed by atoms with van der Waals surface area (Å²) in [6.45, 7) is 1.02. The van der Waals surface area contributed by atoms with Gasteiger partial charge in [-0.2, -0.15) is 0 Å². The maximum Gasteiger partial charge on any atom is 0.220 e. The van der Waals surface area contributed by atoms with Crippen molar-refractivity contribution in [3.8, 4) is 0 Å². The van der Waals surface area contributed by atoms with E-state index in [1.165, 1.54) is 24.8 Å². The zero-order valence-corrected chi connectivity index (χ0v) is 11.3. The van der Waals surface area contributed by atoms with Gasteiger partial charge in [0.1, 0.15) is 0 Å². The molecule has 2 saturated heterocycles. The molecule has 2 bridgehead atoms. The van der Waals surface area contributed by atoms with Gasteiger partial charge in [-0.3, -0.25) is 9.69 Å². The number of carbonyl (C=O) groups is 1. The van der Waals surface area contributed by atoms with Crippen molar-refractivity contribution in [1.82, 2.24) is 4.90 Å². The highest BCUT2D eigenvalue weighted by Gasteiger charge is 2.39. The maximum atomic E-state index is 11.5. The van der Waals surface area contributed by atoms with Crippen molar-refractivity contribution in [2.75, 3.05) is 0 Å². The molecule has 0 radical (unpaired) electrons. The van der Waals surface area contributed by atoms with Crippen molar-refractivity contribution in [2.45, 2.75) is 50.7 Å². The smallest absolute Gasteiger partial charge is 0.220 e. The highest BCUT2D eigenvalue weighted by atomic mass is 16.1. The van der Waals surface area contributed by atoms with Crippen LogP contribution in [0.5, 0.6) is 0 Å². The molecule has 2 aliphatic heterocycles. The monoisotopic (exact) mass is 258 g/mol. The predicted octanol–water partition coefficient (Wildman–Crippen LogP) is 2.30. The number of hydrogen-bond acceptors (Lipinski definition) is 2. The highest BCUT2D eigenvalue weighted by molar-refractivity contribution is 5.76. The lowest BCUT2D eigenvalue weighted by atomic mass is 9.78. The molecule has 2 fully saturated rings. The molecule has 0 aliphatic carbocycles. The van der Waals surface area contributed by atoms with Gasteiger partial charge in [-0.25, -0.2) is 0 Å². The topological polar surface area (TPSA) is 46.3 Å². The number of primary amides is 1. The molecule has 19 heavy (non-hydrogen) atoms. The Bertz CT molecular complexity index is 431. The van der Waals surface area contributed by atoms with E-state index < -0.39 is 0 Å². The molecule has 0 aromatic heterocycles. The third-order valence-electron chi connectivity index (χ3n) is 4.74. The fourth-order valence-corrected chi connectivity index (χ4v) is 3.76. The minimum atomic E-state index is -0.101. The molecular weight excluding hydrogens is 236 g/mol. The Morgan fingerprint density at radius 2 is 1.79 bits per heavy atom. The van der Waals surface area contributed by atoms with Crippen LogP contribution in [0.25, 0.3) is 0 Å². The van der Waals surface area contributed by atoms with Crippen molar-refractivity contribution in [3.05, 3.63) is 35.9 Å². The maximum absolute atomic E-state index is 11.5. The van der Waals surface area contributed by atoms with Crippen LogP contribution in [0.15, 0.2) is 30.3 Å². The molecular formula is C16H22N2O. The van der Waals surface area contributed by atoms with Gasteiger partial charge < -0.3 is 5.73 Å². The summed E-state index contributed by atoms with van der Waals surface area (Å²) in [5.41, 5.74) is 6.88. The van der Waals surface area contributed by atoms with Crippen LogP contribution in [-0.4, -0.2) is 22.9 Å². The van der Waals surface area contributed by atoms with Gasteiger partial charge in [0, 0.05) is 24.5 Å². The zero-order chi connectivity index (χ0) is 13.2. The van der Waals surface area contributed by atoms with Crippen LogP contribution in [0.2, 0.25) is 0 Å². The van der Waals surface area contributed by atoms with Gasteiger partial charge in [0.2, 0.25) is 5.91 Å². The molecule has 3 rings (SSSR count). The van der Waals surface area contributed by atoms with Crippen molar-refractivity contribution in [1.29, 1.82) is 0 Å². The number of benzene rings is 1. The van der Waals surface area contributed by atoms with Gasteiger partial charge >= 0.3 is 0 Å². The molecule has 2 heterocycles. The van der Waals surface area contributed by atoms with Gasteiger partial charge in [-0.1, -0.05) is 36.8 Å². The van der Waals surface area contributed by atoms with Gasteiger partial charge in [0.15, 0.2) is 0 Å². The molecule has 3 nitrogen and oxygen atoms in total. The molecule has 1 aromatic carbocycles. The molecule has 3 heteroatoms. The molecule has 0 saturated carbocycles. The molecule has 2 N–H and O–H groups in total. The Kier molecular flexibility index (Phi) is 3.56. The fourth-order valence-electron chi connectivity index (χ4n) is 3.76. The average molecular weight is 258 g/mol. The van der Waals surface area contributed by atoms with E-state index in [2.05, 4.69) is 35.2 Å². The Labute approximate surface area is 114 Å². The van der Waals surface area contributed by atoms with Crippen LogP contribution in [0.4, 0.5) is 0 Å². The lowest BCUT2D eigenvalue weighted by Crippen LogP contribution is -2.53. The van der Waals surface area contributed by atoms with E-state index in [1.807, 2.05) is 0 Å². The van der Waals surface area contributed by atoms with Crippen molar-refractivity contribution in [2.24, 2.45) is 11.7 Å². The van der Waals surface area contributed by atoms with Crippen LogP contribution in [-0.2, 0) is 11.3 Å². The number of nitrogens with two attached hydrogens (primary N) is 1. The minimum absolute atomic E-state index is 0.0994. The number of hydrogen-bond donors (Lipinski definition) is 1. The van der Waals surface area contributed by atoms with E-state index in [4.69, 9.17) is 5.73 Å². The van der Waals surface area contributed by atoms with Crippen LogP contribution in [0, 0.1) is 5.92 Å². The fraction of sp³-hybridized carbons (Fsp3) is 0.562. The van der Waals surface area contributed by atoms with E-state index in [0.29, 0.717) is 12.1 Å². The molecule has 0 spiro atoms. The zero-order valence-electron chi connectivity index (χ0n) is 11.3. The SMILES string of the molecule is NC(=O)C1CC2CCCC(C1)N2Cc1ccccc1. The predicted molar refractivity (Wildman–Crippen MR) is 75.3 cm³/mol. The summed E-state index contributed by atoms with van der Waals surface area (Å²) in [7, 11) is 0. The summed E-state index contributed by atoms with van der Waals surface area (Å²) in [5.74, 6) is -0.00131. The van der Waals surface area contributed by atoms with Gasteiger partial charge in [0.25, 0.3) is 0 Å². The van der Waals surface area contributed by atoms with E-state index in [0.717, 1.165) is 19.4 Å². The summed E-state index contributed by atoms with van der Waals surface area (Å²) < 4.78 is 0. The van der Waals surface area contributed by atoms with E-state index in [-0.39, 0.29) is 11.8 Å². The molecule has 2 aliphatic rings. The second-order valence-electron chi connectivity index (χ2n) is 5.97. The van der Waals surface area contributed by atoms with Crippen molar-refractivity contribution < 1.29 is 4.79 Å². The Hall–Kier alpha value is -1.35. The molecule has 1 amide bonds. The Morgan fingerprint density at radius 1 is 1.16 bits per heavy atom. The number of carbonyl (C=O) groups excluding carboxylic acids is 1. The molecule has 1 aromatic rings.